The lowest BCUT2D eigenvalue weighted by molar-refractivity contribution is 0.102. The van der Waals surface area contributed by atoms with Crippen molar-refractivity contribution >= 4 is 11.6 Å². The van der Waals surface area contributed by atoms with Crippen LogP contribution in [0.3, 0.4) is 0 Å². The third-order valence-electron chi connectivity index (χ3n) is 3.05. The minimum atomic E-state index is -0.158. The average molecular weight is 255 g/mol. The molecular formula is C16H17NO2. The van der Waals surface area contributed by atoms with E-state index in [0.29, 0.717) is 11.3 Å². The maximum Gasteiger partial charge on any atom is 0.259 e. The van der Waals surface area contributed by atoms with Gasteiger partial charge in [0.25, 0.3) is 5.91 Å². The van der Waals surface area contributed by atoms with Crippen molar-refractivity contribution < 1.29 is 9.53 Å². The fourth-order valence-electron chi connectivity index (χ4n) is 2.01. The molecule has 2 aromatic rings. The molecule has 0 aliphatic heterocycles. The molecule has 0 saturated carbocycles. The van der Waals surface area contributed by atoms with Gasteiger partial charge in [-0.2, -0.15) is 0 Å². The van der Waals surface area contributed by atoms with Crippen LogP contribution in [-0.4, -0.2) is 13.0 Å². The number of ether oxygens (including phenoxy) is 1. The first-order valence-corrected chi connectivity index (χ1v) is 6.14. The Morgan fingerprint density at radius 3 is 2.37 bits per heavy atom. The summed E-state index contributed by atoms with van der Waals surface area (Å²) in [6, 6.07) is 13.2. The molecular weight excluding hydrogens is 238 g/mol. The third kappa shape index (κ3) is 2.76. The lowest BCUT2D eigenvalue weighted by Crippen LogP contribution is -2.14. The van der Waals surface area contributed by atoms with E-state index in [1.54, 1.807) is 13.2 Å². The van der Waals surface area contributed by atoms with Crippen molar-refractivity contribution in [1.29, 1.82) is 0 Å². The van der Waals surface area contributed by atoms with Crippen LogP contribution in [0.4, 0.5) is 5.69 Å². The second kappa shape index (κ2) is 5.57. The summed E-state index contributed by atoms with van der Waals surface area (Å²) in [5.74, 6) is 0.462. The van der Waals surface area contributed by atoms with E-state index in [-0.39, 0.29) is 5.91 Å². The second-order valence-corrected chi connectivity index (χ2v) is 4.42. The van der Waals surface area contributed by atoms with Gasteiger partial charge < -0.3 is 10.1 Å². The number of hydrogen-bond acceptors (Lipinski definition) is 2. The van der Waals surface area contributed by atoms with Crippen LogP contribution < -0.4 is 10.1 Å². The van der Waals surface area contributed by atoms with Gasteiger partial charge in [-0.3, -0.25) is 4.79 Å². The number of aryl methyl sites for hydroxylation is 2. The van der Waals surface area contributed by atoms with Crippen LogP contribution in [0.2, 0.25) is 0 Å². The highest BCUT2D eigenvalue weighted by molar-refractivity contribution is 6.06. The molecule has 0 heterocycles. The summed E-state index contributed by atoms with van der Waals surface area (Å²) < 4.78 is 5.30. The minimum absolute atomic E-state index is 0.158. The normalized spacial score (nSPS) is 10.1. The molecule has 0 saturated heterocycles. The number of nitrogens with one attached hydrogen (secondary N) is 1. The predicted octanol–water partition coefficient (Wildman–Crippen LogP) is 3.56. The second-order valence-electron chi connectivity index (χ2n) is 4.42. The Hall–Kier alpha value is -2.29. The summed E-state index contributed by atoms with van der Waals surface area (Å²) in [4.78, 5) is 12.3. The standard InChI is InChI=1S/C16H17NO2/c1-11-7-4-5-10-14(11)17-16(18)13-9-6-8-12(2)15(13)19-3/h4-10H,1-3H3,(H,17,18). The molecule has 0 radical (unpaired) electrons. The van der Waals surface area contributed by atoms with E-state index in [1.807, 2.05) is 50.2 Å². The fourth-order valence-corrected chi connectivity index (χ4v) is 2.01. The first-order valence-electron chi connectivity index (χ1n) is 6.14. The fraction of sp³-hybridized carbons (Fsp3) is 0.188. The maximum atomic E-state index is 12.3. The minimum Gasteiger partial charge on any atom is -0.496 e. The summed E-state index contributed by atoms with van der Waals surface area (Å²) in [5, 5.41) is 2.91. The lowest BCUT2D eigenvalue weighted by atomic mass is 10.1. The number of anilines is 1. The summed E-state index contributed by atoms with van der Waals surface area (Å²) in [7, 11) is 1.58. The van der Waals surface area contributed by atoms with Gasteiger partial charge in [0.05, 0.1) is 12.7 Å². The van der Waals surface area contributed by atoms with Crippen LogP contribution in [-0.2, 0) is 0 Å². The van der Waals surface area contributed by atoms with Crippen molar-refractivity contribution in [2.45, 2.75) is 13.8 Å². The SMILES string of the molecule is COc1c(C)cccc1C(=O)Nc1ccccc1C. The molecule has 0 spiro atoms. The molecule has 2 rings (SSSR count). The number of benzene rings is 2. The topological polar surface area (TPSA) is 38.3 Å². The van der Waals surface area contributed by atoms with Crippen molar-refractivity contribution in [2.24, 2.45) is 0 Å². The number of amides is 1. The van der Waals surface area contributed by atoms with Gasteiger partial charge in [-0.25, -0.2) is 0 Å². The zero-order valence-electron chi connectivity index (χ0n) is 11.4. The molecule has 1 N–H and O–H groups in total. The number of carbonyl (C=O) groups is 1. The Balaban J connectivity index is 2.31. The first kappa shape index (κ1) is 13.1. The third-order valence-corrected chi connectivity index (χ3v) is 3.05. The molecule has 2 aromatic carbocycles. The van der Waals surface area contributed by atoms with Gasteiger partial charge in [0.15, 0.2) is 0 Å². The molecule has 98 valence electrons. The molecule has 3 nitrogen and oxygen atoms in total. The highest BCUT2D eigenvalue weighted by Crippen LogP contribution is 2.24. The smallest absolute Gasteiger partial charge is 0.259 e. The number of hydrogen-bond donors (Lipinski definition) is 1. The van der Waals surface area contributed by atoms with Crippen LogP contribution in [0.1, 0.15) is 21.5 Å². The summed E-state index contributed by atoms with van der Waals surface area (Å²) in [6.07, 6.45) is 0. The molecule has 0 aromatic heterocycles. The average Bonchev–Trinajstić information content (AvgIpc) is 2.41. The van der Waals surface area contributed by atoms with Crippen LogP contribution in [0, 0.1) is 13.8 Å². The van der Waals surface area contributed by atoms with Crippen molar-refractivity contribution in [1.82, 2.24) is 0 Å². The van der Waals surface area contributed by atoms with Gasteiger partial charge in [0, 0.05) is 5.69 Å². The molecule has 19 heavy (non-hydrogen) atoms. The Labute approximate surface area is 113 Å². The zero-order valence-corrected chi connectivity index (χ0v) is 11.4. The van der Waals surface area contributed by atoms with Crippen LogP contribution in [0.25, 0.3) is 0 Å². The number of carbonyl (C=O) groups excluding carboxylic acids is 1. The molecule has 0 bridgehead atoms. The Morgan fingerprint density at radius 1 is 1.00 bits per heavy atom. The van der Waals surface area contributed by atoms with Crippen LogP contribution in [0.15, 0.2) is 42.5 Å². The molecule has 0 aliphatic rings. The van der Waals surface area contributed by atoms with Gasteiger partial charge in [0.2, 0.25) is 0 Å². The highest BCUT2D eigenvalue weighted by atomic mass is 16.5. The Kier molecular flexibility index (Phi) is 3.85. The lowest BCUT2D eigenvalue weighted by Gasteiger charge is -2.12. The largest absolute Gasteiger partial charge is 0.496 e. The maximum absolute atomic E-state index is 12.3. The zero-order chi connectivity index (χ0) is 13.8. The number of rotatable bonds is 3. The van der Waals surface area contributed by atoms with E-state index in [4.69, 9.17) is 4.74 Å². The summed E-state index contributed by atoms with van der Waals surface area (Å²) in [5.41, 5.74) is 3.34. The Bertz CT molecular complexity index is 605. The number of para-hydroxylation sites is 2. The quantitative estimate of drug-likeness (QED) is 0.910. The van der Waals surface area contributed by atoms with Gasteiger partial charge in [-0.1, -0.05) is 30.3 Å². The van der Waals surface area contributed by atoms with Crippen molar-refractivity contribution in [2.75, 3.05) is 12.4 Å². The predicted molar refractivity (Wildman–Crippen MR) is 76.9 cm³/mol. The summed E-state index contributed by atoms with van der Waals surface area (Å²) in [6.45, 7) is 3.88. The molecule has 0 atom stereocenters. The van der Waals surface area contributed by atoms with Crippen LogP contribution in [0.5, 0.6) is 5.75 Å². The molecule has 0 aliphatic carbocycles. The van der Waals surface area contributed by atoms with E-state index >= 15 is 0 Å². The van der Waals surface area contributed by atoms with Gasteiger partial charge in [-0.15, -0.1) is 0 Å². The summed E-state index contributed by atoms with van der Waals surface area (Å²) >= 11 is 0. The highest BCUT2D eigenvalue weighted by Gasteiger charge is 2.14. The monoisotopic (exact) mass is 255 g/mol. The Morgan fingerprint density at radius 2 is 1.68 bits per heavy atom. The van der Waals surface area contributed by atoms with Crippen molar-refractivity contribution in [3.8, 4) is 5.75 Å². The van der Waals surface area contributed by atoms with Gasteiger partial charge in [-0.05, 0) is 37.1 Å². The van der Waals surface area contributed by atoms with Crippen molar-refractivity contribution in [3.05, 3.63) is 59.2 Å². The molecule has 0 fully saturated rings. The molecule has 1 amide bonds. The van der Waals surface area contributed by atoms with E-state index in [1.165, 1.54) is 0 Å². The van der Waals surface area contributed by atoms with Gasteiger partial charge >= 0.3 is 0 Å². The van der Waals surface area contributed by atoms with E-state index in [9.17, 15) is 4.79 Å². The number of methoxy groups -OCH3 is 1. The van der Waals surface area contributed by atoms with Crippen LogP contribution >= 0.6 is 0 Å². The van der Waals surface area contributed by atoms with E-state index in [0.717, 1.165) is 16.8 Å². The molecule has 3 heteroatoms. The first-order chi connectivity index (χ1) is 9.13. The van der Waals surface area contributed by atoms with Crippen molar-refractivity contribution in [3.63, 3.8) is 0 Å². The van der Waals surface area contributed by atoms with E-state index in [2.05, 4.69) is 5.32 Å². The van der Waals surface area contributed by atoms with E-state index < -0.39 is 0 Å². The van der Waals surface area contributed by atoms with Gasteiger partial charge in [0.1, 0.15) is 5.75 Å². The molecule has 0 unspecified atom stereocenters.